The Morgan fingerprint density at radius 3 is 1.29 bits per heavy atom. The molecule has 0 fully saturated rings. The van der Waals surface area contributed by atoms with E-state index in [0.717, 1.165) is 64.2 Å². The van der Waals surface area contributed by atoms with Gasteiger partial charge in [-0.15, -0.1) is 0 Å². The van der Waals surface area contributed by atoms with Crippen LogP contribution in [0.5, 0.6) is 0 Å². The first kappa shape index (κ1) is 60.2. The number of ether oxygens (including phenoxy) is 2. The van der Waals surface area contributed by atoms with Gasteiger partial charge in [-0.05, 0) is 70.6 Å². The number of nitrogens with zero attached hydrogens (tertiary/aromatic N) is 1. The monoisotopic (exact) mass is 896 g/mol. The van der Waals surface area contributed by atoms with Crippen molar-refractivity contribution in [2.24, 2.45) is 0 Å². The molecule has 2 atom stereocenters. The molecule has 10 heteroatoms. The van der Waals surface area contributed by atoms with Crippen molar-refractivity contribution in [2.45, 2.75) is 238 Å². The summed E-state index contributed by atoms with van der Waals surface area (Å²) in [6, 6.07) is 0. The summed E-state index contributed by atoms with van der Waals surface area (Å²) in [5, 5.41) is 0. The molecule has 0 aliphatic carbocycles. The number of allylic oxidation sites excluding steroid dienone is 6. The summed E-state index contributed by atoms with van der Waals surface area (Å²) in [6.07, 6.45) is 51.7. The zero-order valence-corrected chi connectivity index (χ0v) is 42.0. The summed E-state index contributed by atoms with van der Waals surface area (Å²) < 4.78 is 34.0. The third kappa shape index (κ3) is 47.7. The Morgan fingerprint density at radius 2 is 0.871 bits per heavy atom. The van der Waals surface area contributed by atoms with E-state index in [9.17, 15) is 19.0 Å². The molecule has 0 spiro atoms. The normalized spacial score (nSPS) is 13.7. The zero-order valence-electron chi connectivity index (χ0n) is 41.1. The van der Waals surface area contributed by atoms with E-state index in [2.05, 4.69) is 50.3 Å². The number of phosphoric ester groups is 1. The fourth-order valence-electron chi connectivity index (χ4n) is 7.09. The Morgan fingerprint density at radius 1 is 0.500 bits per heavy atom. The first-order chi connectivity index (χ1) is 30.0. The summed E-state index contributed by atoms with van der Waals surface area (Å²) in [5.74, 6) is -0.837. The number of phosphoric acid groups is 1. The van der Waals surface area contributed by atoms with E-state index in [4.69, 9.17) is 18.5 Å². The molecule has 0 aliphatic rings. The molecule has 0 saturated heterocycles. The quantitative estimate of drug-likeness (QED) is 0.0195. The van der Waals surface area contributed by atoms with Gasteiger partial charge in [-0.1, -0.05) is 185 Å². The van der Waals surface area contributed by atoms with Gasteiger partial charge in [-0.2, -0.15) is 0 Å². The largest absolute Gasteiger partial charge is 0.756 e. The van der Waals surface area contributed by atoms with Crippen molar-refractivity contribution in [1.82, 2.24) is 0 Å². The SMILES string of the molecule is CCCCCCC/C=C\C/C=C\CCCCCCCCCCCC(=O)OC(COC(=O)CCCCCCCCC/C=C\CCCCCCCC)COP(=O)([O-])OCC[N+](C)(C)C. The van der Waals surface area contributed by atoms with Crippen LogP contribution in [0.15, 0.2) is 36.5 Å². The molecule has 364 valence electrons. The first-order valence-electron chi connectivity index (χ1n) is 25.7. The molecule has 0 N–H and O–H groups in total. The fourth-order valence-corrected chi connectivity index (χ4v) is 7.82. The molecule has 0 rings (SSSR count). The average molecular weight is 896 g/mol. The number of likely N-dealkylation sites (N-methyl/N-ethyl adjacent to an activating group) is 1. The van der Waals surface area contributed by atoms with Crippen molar-refractivity contribution in [3.8, 4) is 0 Å². The Labute approximate surface area is 382 Å². The molecule has 2 unspecified atom stereocenters. The van der Waals surface area contributed by atoms with E-state index < -0.39 is 26.5 Å². The van der Waals surface area contributed by atoms with Crippen molar-refractivity contribution >= 4 is 19.8 Å². The summed E-state index contributed by atoms with van der Waals surface area (Å²) in [6.45, 7) is 4.23. The minimum absolute atomic E-state index is 0.0321. The van der Waals surface area contributed by atoms with Crippen LogP contribution in [0.3, 0.4) is 0 Å². The Hall–Kier alpha value is -1.77. The standard InChI is InChI=1S/C52H98NO8P/c1-6-8-10-12-14-16-18-20-22-24-25-26-27-29-31-33-35-37-39-41-43-45-52(55)61-50(49-60-62(56,57)59-47-46-53(3,4)5)48-58-51(54)44-42-40-38-36-34-32-30-28-23-21-19-17-15-13-11-9-7-2/h18,20-21,23-25,50H,6-17,19,22,26-49H2,1-5H3/b20-18-,23-21-,25-24-. The Kier molecular flexibility index (Phi) is 43.2. The Balaban J connectivity index is 4.26. The predicted octanol–water partition coefficient (Wildman–Crippen LogP) is 14.6. The van der Waals surface area contributed by atoms with E-state index in [1.54, 1.807) is 0 Å². The van der Waals surface area contributed by atoms with Gasteiger partial charge in [0.15, 0.2) is 6.10 Å². The third-order valence-electron chi connectivity index (χ3n) is 11.1. The minimum Gasteiger partial charge on any atom is -0.756 e. The molecule has 0 bridgehead atoms. The number of rotatable bonds is 47. The molecule has 0 heterocycles. The molecule has 0 aliphatic heterocycles. The lowest BCUT2D eigenvalue weighted by Crippen LogP contribution is -2.37. The average Bonchev–Trinajstić information content (AvgIpc) is 3.23. The van der Waals surface area contributed by atoms with Crippen molar-refractivity contribution in [1.29, 1.82) is 0 Å². The molecule has 0 radical (unpaired) electrons. The van der Waals surface area contributed by atoms with Crippen LogP contribution >= 0.6 is 7.82 Å². The van der Waals surface area contributed by atoms with E-state index in [1.807, 2.05) is 21.1 Å². The molecular formula is C52H98NO8P. The zero-order chi connectivity index (χ0) is 45.7. The van der Waals surface area contributed by atoms with Gasteiger partial charge in [0.05, 0.1) is 27.7 Å². The maximum atomic E-state index is 12.7. The van der Waals surface area contributed by atoms with Gasteiger partial charge in [0.2, 0.25) is 0 Å². The van der Waals surface area contributed by atoms with Gasteiger partial charge in [-0.25, -0.2) is 0 Å². The summed E-state index contributed by atoms with van der Waals surface area (Å²) in [5.41, 5.74) is 0. The van der Waals surface area contributed by atoms with E-state index in [1.165, 1.54) is 135 Å². The maximum absolute atomic E-state index is 12.7. The van der Waals surface area contributed by atoms with Gasteiger partial charge in [0.25, 0.3) is 7.82 Å². The van der Waals surface area contributed by atoms with Crippen LogP contribution in [-0.2, 0) is 32.7 Å². The second-order valence-electron chi connectivity index (χ2n) is 18.5. The van der Waals surface area contributed by atoms with E-state index in [0.29, 0.717) is 17.4 Å². The first-order valence-corrected chi connectivity index (χ1v) is 27.2. The number of quaternary nitrogens is 1. The summed E-state index contributed by atoms with van der Waals surface area (Å²) in [4.78, 5) is 37.7. The Bertz CT molecular complexity index is 1150. The smallest absolute Gasteiger partial charge is 0.306 e. The third-order valence-corrected chi connectivity index (χ3v) is 12.1. The van der Waals surface area contributed by atoms with Crippen molar-refractivity contribution in [3.63, 3.8) is 0 Å². The lowest BCUT2D eigenvalue weighted by molar-refractivity contribution is -0.870. The summed E-state index contributed by atoms with van der Waals surface area (Å²) in [7, 11) is 1.16. The number of carbonyl (C=O) groups excluding carboxylic acids is 2. The van der Waals surface area contributed by atoms with E-state index >= 15 is 0 Å². The van der Waals surface area contributed by atoms with Crippen molar-refractivity contribution < 1.29 is 42.1 Å². The highest BCUT2D eigenvalue weighted by Gasteiger charge is 2.21. The van der Waals surface area contributed by atoms with Crippen LogP contribution in [0, 0.1) is 0 Å². The van der Waals surface area contributed by atoms with Crippen LogP contribution in [0.2, 0.25) is 0 Å². The molecule has 0 aromatic heterocycles. The van der Waals surface area contributed by atoms with Gasteiger partial charge >= 0.3 is 11.9 Å². The van der Waals surface area contributed by atoms with E-state index in [-0.39, 0.29) is 32.0 Å². The minimum atomic E-state index is -4.63. The molecule has 9 nitrogen and oxygen atoms in total. The molecule has 0 aromatic carbocycles. The van der Waals surface area contributed by atoms with Crippen LogP contribution in [-0.4, -0.2) is 70.0 Å². The van der Waals surface area contributed by atoms with Crippen LogP contribution < -0.4 is 4.89 Å². The lowest BCUT2D eigenvalue weighted by Gasteiger charge is -2.28. The highest BCUT2D eigenvalue weighted by Crippen LogP contribution is 2.38. The van der Waals surface area contributed by atoms with Crippen molar-refractivity contribution in [2.75, 3.05) is 47.5 Å². The second-order valence-corrected chi connectivity index (χ2v) is 19.9. The molecular weight excluding hydrogens is 798 g/mol. The molecule has 0 saturated carbocycles. The molecule has 0 amide bonds. The van der Waals surface area contributed by atoms with Gasteiger partial charge in [-0.3, -0.25) is 14.2 Å². The van der Waals surface area contributed by atoms with Gasteiger partial charge in [0.1, 0.15) is 19.8 Å². The fraction of sp³-hybridized carbons (Fsp3) is 0.846. The molecule has 62 heavy (non-hydrogen) atoms. The number of carbonyl (C=O) groups is 2. The maximum Gasteiger partial charge on any atom is 0.306 e. The van der Waals surface area contributed by atoms with Gasteiger partial charge < -0.3 is 27.9 Å². The second kappa shape index (κ2) is 44.4. The summed E-state index contributed by atoms with van der Waals surface area (Å²) >= 11 is 0. The van der Waals surface area contributed by atoms with Crippen LogP contribution in [0.1, 0.15) is 232 Å². The number of unbranched alkanes of at least 4 members (excludes halogenated alkanes) is 27. The topological polar surface area (TPSA) is 111 Å². The van der Waals surface area contributed by atoms with Crippen LogP contribution in [0.25, 0.3) is 0 Å². The van der Waals surface area contributed by atoms with Gasteiger partial charge in [0, 0.05) is 12.8 Å². The lowest BCUT2D eigenvalue weighted by atomic mass is 10.1. The molecule has 0 aromatic rings. The predicted molar refractivity (Wildman–Crippen MR) is 259 cm³/mol. The number of hydrogen-bond acceptors (Lipinski definition) is 8. The number of esters is 2. The van der Waals surface area contributed by atoms with Crippen molar-refractivity contribution in [3.05, 3.63) is 36.5 Å². The highest BCUT2D eigenvalue weighted by molar-refractivity contribution is 7.45. The van der Waals surface area contributed by atoms with Crippen LogP contribution in [0.4, 0.5) is 0 Å². The highest BCUT2D eigenvalue weighted by atomic mass is 31.2. The number of hydrogen-bond donors (Lipinski definition) is 0.